The molecular weight excluding hydrogens is 260 g/mol. The molecule has 1 aromatic carbocycles. The molecule has 102 valence electrons. The Kier molecular flexibility index (Phi) is 2.78. The fraction of sp³-hybridized carbons (Fsp3) is 0.214. The maximum atomic E-state index is 12.4. The number of carboxylic acids is 1. The minimum absolute atomic E-state index is 0.0467. The van der Waals surface area contributed by atoms with Gasteiger partial charge in [-0.15, -0.1) is 0 Å². The lowest BCUT2D eigenvalue weighted by Gasteiger charge is -2.20. The number of urea groups is 1. The Hall–Kier alpha value is -2.63. The van der Waals surface area contributed by atoms with E-state index in [1.54, 1.807) is 30.3 Å². The van der Waals surface area contributed by atoms with Gasteiger partial charge in [-0.2, -0.15) is 0 Å². The lowest BCUT2D eigenvalue weighted by Crippen LogP contribution is -2.39. The van der Waals surface area contributed by atoms with Crippen molar-refractivity contribution in [3.05, 3.63) is 47.7 Å². The van der Waals surface area contributed by atoms with Crippen LogP contribution in [0.2, 0.25) is 0 Å². The van der Waals surface area contributed by atoms with Crippen LogP contribution in [0.1, 0.15) is 16.8 Å². The van der Waals surface area contributed by atoms with Gasteiger partial charge in [0, 0.05) is 12.1 Å². The van der Waals surface area contributed by atoms with Gasteiger partial charge in [0.25, 0.3) is 5.91 Å². The van der Waals surface area contributed by atoms with E-state index >= 15 is 0 Å². The van der Waals surface area contributed by atoms with Crippen molar-refractivity contribution in [2.24, 2.45) is 0 Å². The molecular formula is C14H12N2O4. The Morgan fingerprint density at radius 1 is 1.20 bits per heavy atom. The normalized spacial score (nSPS) is 20.9. The number of hydrogen-bond donors (Lipinski definition) is 1. The van der Waals surface area contributed by atoms with E-state index in [2.05, 4.69) is 0 Å². The zero-order chi connectivity index (χ0) is 14.3. The van der Waals surface area contributed by atoms with E-state index < -0.39 is 12.0 Å². The number of imide groups is 1. The van der Waals surface area contributed by atoms with Crippen LogP contribution in [0, 0.1) is 0 Å². The summed E-state index contributed by atoms with van der Waals surface area (Å²) in [4.78, 5) is 38.0. The molecule has 2 bridgehead atoms. The molecule has 0 aromatic heterocycles. The second-order valence-electron chi connectivity index (χ2n) is 4.72. The van der Waals surface area contributed by atoms with E-state index in [4.69, 9.17) is 5.11 Å². The van der Waals surface area contributed by atoms with Crippen LogP contribution < -0.4 is 0 Å². The molecule has 3 amide bonds. The third-order valence-corrected chi connectivity index (χ3v) is 3.53. The first-order valence-electron chi connectivity index (χ1n) is 6.23. The standard InChI is InChI=1S/C14H12N2O4/c17-12(9-4-2-1-3-5-9)16-10-6-7-11(13(18)19)15(8-10)14(16)20/h1-5,7,10H,6,8H2,(H,18,19). The Balaban J connectivity index is 1.90. The average molecular weight is 272 g/mol. The molecule has 2 aliphatic rings. The van der Waals surface area contributed by atoms with E-state index in [9.17, 15) is 14.4 Å². The van der Waals surface area contributed by atoms with Gasteiger partial charge in [-0.3, -0.25) is 14.6 Å². The Labute approximate surface area is 114 Å². The minimum atomic E-state index is -1.15. The summed E-state index contributed by atoms with van der Waals surface area (Å²) < 4.78 is 0. The summed E-state index contributed by atoms with van der Waals surface area (Å²) in [5, 5.41) is 9.05. The Morgan fingerprint density at radius 2 is 1.90 bits per heavy atom. The molecule has 1 fully saturated rings. The summed E-state index contributed by atoms with van der Waals surface area (Å²) in [5.74, 6) is -1.53. The van der Waals surface area contributed by atoms with Crippen molar-refractivity contribution in [3.63, 3.8) is 0 Å². The van der Waals surface area contributed by atoms with E-state index in [1.165, 1.54) is 6.08 Å². The van der Waals surface area contributed by atoms with Gasteiger partial charge in [-0.05, 0) is 18.6 Å². The Morgan fingerprint density at radius 3 is 2.55 bits per heavy atom. The molecule has 6 heteroatoms. The monoisotopic (exact) mass is 272 g/mol. The first-order chi connectivity index (χ1) is 9.59. The smallest absolute Gasteiger partial charge is 0.352 e. The van der Waals surface area contributed by atoms with Crippen LogP contribution in [-0.2, 0) is 4.79 Å². The SMILES string of the molecule is O=C(O)C1=CCC2CN1C(=O)N2C(=O)c1ccccc1. The highest BCUT2D eigenvalue weighted by Crippen LogP contribution is 2.29. The maximum Gasteiger partial charge on any atom is 0.352 e. The minimum Gasteiger partial charge on any atom is -0.477 e. The summed E-state index contributed by atoms with van der Waals surface area (Å²) in [7, 11) is 0. The van der Waals surface area contributed by atoms with Crippen molar-refractivity contribution >= 4 is 17.9 Å². The number of hydrogen-bond acceptors (Lipinski definition) is 3. The summed E-state index contributed by atoms with van der Waals surface area (Å²) in [5.41, 5.74) is 0.376. The highest BCUT2D eigenvalue weighted by molar-refractivity contribution is 6.07. The van der Waals surface area contributed by atoms with Crippen molar-refractivity contribution in [1.82, 2.24) is 9.80 Å². The predicted octanol–water partition coefficient (Wildman–Crippen LogP) is 1.31. The summed E-state index contributed by atoms with van der Waals surface area (Å²) in [6, 6.07) is 7.65. The van der Waals surface area contributed by atoms with E-state index in [0.717, 1.165) is 9.80 Å². The van der Waals surface area contributed by atoms with Crippen LogP contribution in [-0.4, -0.2) is 45.4 Å². The number of fused-ring (bicyclic) bond motifs is 2. The zero-order valence-electron chi connectivity index (χ0n) is 10.5. The van der Waals surface area contributed by atoms with Crippen molar-refractivity contribution in [1.29, 1.82) is 0 Å². The molecule has 0 saturated carbocycles. The van der Waals surface area contributed by atoms with Gasteiger partial charge in [-0.1, -0.05) is 24.3 Å². The molecule has 2 heterocycles. The fourth-order valence-corrected chi connectivity index (χ4v) is 2.57. The van der Waals surface area contributed by atoms with Gasteiger partial charge >= 0.3 is 12.0 Å². The summed E-state index contributed by atoms with van der Waals surface area (Å²) >= 11 is 0. The number of carbonyl (C=O) groups is 3. The highest BCUT2D eigenvalue weighted by atomic mass is 16.4. The molecule has 3 rings (SSSR count). The number of aliphatic carboxylic acids is 1. The van der Waals surface area contributed by atoms with Crippen LogP contribution in [0.5, 0.6) is 0 Å². The van der Waals surface area contributed by atoms with Crippen molar-refractivity contribution < 1.29 is 19.5 Å². The number of benzene rings is 1. The van der Waals surface area contributed by atoms with Gasteiger partial charge in [0.05, 0.1) is 6.04 Å². The van der Waals surface area contributed by atoms with Crippen LogP contribution in [0.25, 0.3) is 0 Å². The molecule has 1 aromatic rings. The quantitative estimate of drug-likeness (QED) is 0.880. The average Bonchev–Trinajstić information content (AvgIpc) is 2.71. The molecule has 2 aliphatic heterocycles. The first-order valence-corrected chi connectivity index (χ1v) is 6.23. The second-order valence-corrected chi connectivity index (χ2v) is 4.72. The van der Waals surface area contributed by atoms with Gasteiger partial charge in [0.2, 0.25) is 0 Å². The molecule has 20 heavy (non-hydrogen) atoms. The largest absolute Gasteiger partial charge is 0.477 e. The number of nitrogens with zero attached hydrogens (tertiary/aromatic N) is 2. The molecule has 1 saturated heterocycles. The molecule has 6 nitrogen and oxygen atoms in total. The molecule has 1 atom stereocenters. The van der Waals surface area contributed by atoms with E-state index in [-0.39, 0.29) is 24.2 Å². The summed E-state index contributed by atoms with van der Waals surface area (Å²) in [6.07, 6.45) is 1.87. The second kappa shape index (κ2) is 4.48. The molecule has 0 radical (unpaired) electrons. The predicted molar refractivity (Wildman–Crippen MR) is 68.8 cm³/mol. The van der Waals surface area contributed by atoms with Crippen LogP contribution >= 0.6 is 0 Å². The van der Waals surface area contributed by atoms with Crippen LogP contribution in [0.4, 0.5) is 4.79 Å². The number of carboxylic acid groups (broad SMARTS) is 1. The molecule has 1 unspecified atom stereocenters. The van der Waals surface area contributed by atoms with Crippen LogP contribution in [0.3, 0.4) is 0 Å². The van der Waals surface area contributed by atoms with Gasteiger partial charge in [-0.25, -0.2) is 9.59 Å². The lowest BCUT2D eigenvalue weighted by atomic mass is 10.1. The van der Waals surface area contributed by atoms with Crippen LogP contribution in [0.15, 0.2) is 42.1 Å². The third-order valence-electron chi connectivity index (χ3n) is 3.53. The first kappa shape index (κ1) is 12.4. The van der Waals surface area contributed by atoms with E-state index in [0.29, 0.717) is 12.0 Å². The maximum absolute atomic E-state index is 12.4. The number of amides is 3. The fourth-order valence-electron chi connectivity index (χ4n) is 2.57. The summed E-state index contributed by atoms with van der Waals surface area (Å²) in [6.45, 7) is 0.246. The Bertz CT molecular complexity index is 623. The lowest BCUT2D eigenvalue weighted by molar-refractivity contribution is -0.134. The topological polar surface area (TPSA) is 77.9 Å². The van der Waals surface area contributed by atoms with Crippen molar-refractivity contribution in [2.75, 3.05) is 6.54 Å². The number of carbonyl (C=O) groups excluding carboxylic acids is 2. The van der Waals surface area contributed by atoms with Crippen molar-refractivity contribution in [2.45, 2.75) is 12.5 Å². The number of rotatable bonds is 2. The zero-order valence-corrected chi connectivity index (χ0v) is 10.5. The molecule has 0 aliphatic carbocycles. The molecule has 1 N–H and O–H groups in total. The van der Waals surface area contributed by atoms with E-state index in [1.807, 2.05) is 0 Å². The van der Waals surface area contributed by atoms with Gasteiger partial charge in [0.15, 0.2) is 0 Å². The molecule has 0 spiro atoms. The van der Waals surface area contributed by atoms with Gasteiger partial charge in [0.1, 0.15) is 5.70 Å². The highest BCUT2D eigenvalue weighted by Gasteiger charge is 2.46. The van der Waals surface area contributed by atoms with Gasteiger partial charge < -0.3 is 5.11 Å². The third kappa shape index (κ3) is 1.77. The van der Waals surface area contributed by atoms with Crippen molar-refractivity contribution in [3.8, 4) is 0 Å².